The Balaban J connectivity index is 2.07. The van der Waals surface area contributed by atoms with Crippen molar-refractivity contribution < 1.29 is 14.6 Å². The molecule has 1 aromatic carbocycles. The van der Waals surface area contributed by atoms with Crippen LogP contribution in [-0.2, 0) is 17.6 Å². The van der Waals surface area contributed by atoms with Crippen molar-refractivity contribution in [3.8, 4) is 17.0 Å². The summed E-state index contributed by atoms with van der Waals surface area (Å²) in [4.78, 5) is 15.4. The molecular formula is C21H29NO3S. The van der Waals surface area contributed by atoms with E-state index in [4.69, 9.17) is 9.84 Å². The molecule has 0 aliphatic carbocycles. The third-order valence-corrected chi connectivity index (χ3v) is 5.14. The van der Waals surface area contributed by atoms with Crippen LogP contribution < -0.4 is 4.74 Å². The molecule has 5 heteroatoms. The van der Waals surface area contributed by atoms with Gasteiger partial charge in [-0.1, -0.05) is 45.1 Å². The summed E-state index contributed by atoms with van der Waals surface area (Å²) in [6.45, 7) is 4.79. The van der Waals surface area contributed by atoms with Crippen LogP contribution in [0, 0.1) is 0 Å². The molecule has 2 rings (SSSR count). The summed E-state index contributed by atoms with van der Waals surface area (Å²) in [5.74, 6) is -0.0425. The van der Waals surface area contributed by atoms with E-state index in [0.717, 1.165) is 23.4 Å². The minimum Gasteiger partial charge on any atom is -0.493 e. The van der Waals surface area contributed by atoms with Crippen molar-refractivity contribution in [2.45, 2.75) is 65.2 Å². The molecular weight excluding hydrogens is 346 g/mol. The summed E-state index contributed by atoms with van der Waals surface area (Å²) < 4.78 is 5.76. The van der Waals surface area contributed by atoms with Gasteiger partial charge in [0, 0.05) is 10.9 Å². The quantitative estimate of drug-likeness (QED) is 0.481. The topological polar surface area (TPSA) is 59.4 Å². The number of nitrogens with zero attached hydrogens (tertiary/aromatic N) is 1. The number of carbonyl (C=O) groups is 1. The average molecular weight is 376 g/mol. The van der Waals surface area contributed by atoms with E-state index in [-0.39, 0.29) is 6.42 Å². The summed E-state index contributed by atoms with van der Waals surface area (Å²) in [5.41, 5.74) is 3.05. The van der Waals surface area contributed by atoms with E-state index in [1.54, 1.807) is 0 Å². The molecule has 2 aromatic rings. The van der Waals surface area contributed by atoms with Gasteiger partial charge in [-0.05, 0) is 37.5 Å². The van der Waals surface area contributed by atoms with E-state index in [2.05, 4.69) is 24.0 Å². The monoisotopic (exact) mass is 375 g/mol. The van der Waals surface area contributed by atoms with E-state index in [0.29, 0.717) is 11.6 Å². The lowest BCUT2D eigenvalue weighted by Gasteiger charge is -2.11. The predicted molar refractivity (Wildman–Crippen MR) is 107 cm³/mol. The maximum absolute atomic E-state index is 10.9. The van der Waals surface area contributed by atoms with Crippen LogP contribution in [0.1, 0.15) is 62.9 Å². The molecule has 0 saturated carbocycles. The second-order valence-electron chi connectivity index (χ2n) is 6.48. The van der Waals surface area contributed by atoms with Crippen molar-refractivity contribution in [3.05, 3.63) is 34.2 Å². The van der Waals surface area contributed by atoms with Crippen molar-refractivity contribution in [3.63, 3.8) is 0 Å². The molecule has 1 heterocycles. The van der Waals surface area contributed by atoms with Crippen molar-refractivity contribution in [1.82, 2.24) is 4.98 Å². The summed E-state index contributed by atoms with van der Waals surface area (Å²) >= 11 is 1.39. The third-order valence-electron chi connectivity index (χ3n) is 4.29. The highest BCUT2D eigenvalue weighted by Gasteiger charge is 2.13. The van der Waals surface area contributed by atoms with Gasteiger partial charge < -0.3 is 9.84 Å². The standard InChI is InChI=1S/C21H29NO3S/c1-3-5-6-7-8-9-10-16-11-12-19(25-4-2)17(13-16)18-15-26-20(22-18)14-21(23)24/h11-13,15H,3-10,14H2,1-2H3,(H,23,24). The number of rotatable bonds is 12. The zero-order valence-corrected chi connectivity index (χ0v) is 16.6. The zero-order valence-electron chi connectivity index (χ0n) is 15.8. The van der Waals surface area contributed by atoms with Crippen molar-refractivity contribution >= 4 is 17.3 Å². The number of benzene rings is 1. The van der Waals surface area contributed by atoms with Gasteiger partial charge in [-0.3, -0.25) is 4.79 Å². The van der Waals surface area contributed by atoms with Crippen molar-refractivity contribution in [2.75, 3.05) is 6.61 Å². The lowest BCUT2D eigenvalue weighted by atomic mass is 10.0. The molecule has 0 saturated heterocycles. The van der Waals surface area contributed by atoms with Crippen LogP contribution in [-0.4, -0.2) is 22.7 Å². The van der Waals surface area contributed by atoms with Crippen LogP contribution in [0.4, 0.5) is 0 Å². The van der Waals surface area contributed by atoms with E-state index < -0.39 is 5.97 Å². The molecule has 0 spiro atoms. The molecule has 0 fully saturated rings. The van der Waals surface area contributed by atoms with Gasteiger partial charge in [-0.25, -0.2) is 4.98 Å². The Hall–Kier alpha value is -1.88. The molecule has 0 aliphatic rings. The maximum Gasteiger partial charge on any atom is 0.310 e. The van der Waals surface area contributed by atoms with Gasteiger partial charge in [0.05, 0.1) is 18.7 Å². The molecule has 0 unspecified atom stereocenters. The highest BCUT2D eigenvalue weighted by atomic mass is 32.1. The van der Waals surface area contributed by atoms with Gasteiger partial charge in [-0.15, -0.1) is 11.3 Å². The van der Waals surface area contributed by atoms with Gasteiger partial charge in [-0.2, -0.15) is 0 Å². The number of hydrogen-bond donors (Lipinski definition) is 1. The number of carboxylic acid groups (broad SMARTS) is 1. The van der Waals surface area contributed by atoms with E-state index in [1.807, 2.05) is 18.4 Å². The molecule has 0 atom stereocenters. The fraction of sp³-hybridized carbons (Fsp3) is 0.524. The number of thiazole rings is 1. The summed E-state index contributed by atoms with van der Waals surface area (Å²) in [5, 5.41) is 11.5. The van der Waals surface area contributed by atoms with Crippen LogP contribution in [0.25, 0.3) is 11.3 Å². The summed E-state index contributed by atoms with van der Waals surface area (Å²) in [7, 11) is 0. The van der Waals surface area contributed by atoms with Gasteiger partial charge in [0.2, 0.25) is 0 Å². The fourth-order valence-electron chi connectivity index (χ4n) is 2.97. The van der Waals surface area contributed by atoms with Gasteiger partial charge in [0.15, 0.2) is 0 Å². The summed E-state index contributed by atoms with van der Waals surface area (Å²) in [6, 6.07) is 6.29. The first-order valence-corrected chi connectivity index (χ1v) is 10.4. The van der Waals surface area contributed by atoms with Crippen LogP contribution in [0.2, 0.25) is 0 Å². The average Bonchev–Trinajstić information content (AvgIpc) is 3.07. The lowest BCUT2D eigenvalue weighted by Crippen LogP contribution is -1.99. The largest absolute Gasteiger partial charge is 0.493 e. The van der Waals surface area contributed by atoms with Crippen molar-refractivity contribution in [2.24, 2.45) is 0 Å². The highest BCUT2D eigenvalue weighted by Crippen LogP contribution is 2.32. The molecule has 1 aromatic heterocycles. The number of hydrogen-bond acceptors (Lipinski definition) is 4. The first kappa shape index (κ1) is 20.4. The Morgan fingerprint density at radius 3 is 2.65 bits per heavy atom. The Labute approximate surface area is 160 Å². The Morgan fingerprint density at radius 1 is 1.15 bits per heavy atom. The Morgan fingerprint density at radius 2 is 1.92 bits per heavy atom. The van der Waals surface area contributed by atoms with Crippen LogP contribution in [0.3, 0.4) is 0 Å². The Kier molecular flexibility index (Phi) is 8.62. The molecule has 26 heavy (non-hydrogen) atoms. The predicted octanol–water partition coefficient (Wildman–Crippen LogP) is 5.74. The fourth-order valence-corrected chi connectivity index (χ4v) is 3.75. The normalized spacial score (nSPS) is 10.8. The SMILES string of the molecule is CCCCCCCCc1ccc(OCC)c(-c2csc(CC(=O)O)n2)c1. The third kappa shape index (κ3) is 6.45. The minimum absolute atomic E-state index is 0.0356. The number of aromatic nitrogens is 1. The number of aryl methyl sites for hydroxylation is 1. The maximum atomic E-state index is 10.9. The van der Waals surface area contributed by atoms with Crippen LogP contribution in [0.15, 0.2) is 23.6 Å². The number of unbranched alkanes of at least 4 members (excludes halogenated alkanes) is 5. The second kappa shape index (κ2) is 11.0. The second-order valence-corrected chi connectivity index (χ2v) is 7.42. The highest BCUT2D eigenvalue weighted by molar-refractivity contribution is 7.10. The zero-order chi connectivity index (χ0) is 18.8. The molecule has 0 bridgehead atoms. The lowest BCUT2D eigenvalue weighted by molar-refractivity contribution is -0.136. The smallest absolute Gasteiger partial charge is 0.310 e. The minimum atomic E-state index is -0.854. The van der Waals surface area contributed by atoms with E-state index in [9.17, 15) is 4.79 Å². The first-order valence-electron chi connectivity index (χ1n) is 9.56. The molecule has 142 valence electrons. The Bertz CT molecular complexity index is 696. The van der Waals surface area contributed by atoms with Crippen molar-refractivity contribution in [1.29, 1.82) is 0 Å². The van der Waals surface area contributed by atoms with E-state index in [1.165, 1.54) is 55.4 Å². The van der Waals surface area contributed by atoms with Crippen LogP contribution in [0.5, 0.6) is 5.75 Å². The first-order chi connectivity index (χ1) is 12.6. The number of aliphatic carboxylic acids is 1. The van der Waals surface area contributed by atoms with Gasteiger partial charge >= 0.3 is 5.97 Å². The molecule has 1 N–H and O–H groups in total. The van der Waals surface area contributed by atoms with E-state index >= 15 is 0 Å². The summed E-state index contributed by atoms with van der Waals surface area (Å²) in [6.07, 6.45) is 8.72. The number of carboxylic acids is 1. The van der Waals surface area contributed by atoms with Gasteiger partial charge in [0.1, 0.15) is 10.8 Å². The molecule has 0 aliphatic heterocycles. The molecule has 0 amide bonds. The molecule has 4 nitrogen and oxygen atoms in total. The molecule has 0 radical (unpaired) electrons. The number of ether oxygens (including phenoxy) is 1. The van der Waals surface area contributed by atoms with Crippen LogP contribution >= 0.6 is 11.3 Å². The van der Waals surface area contributed by atoms with Gasteiger partial charge in [0.25, 0.3) is 0 Å².